The summed E-state index contributed by atoms with van der Waals surface area (Å²) in [5.74, 6) is 0.273. The Balaban J connectivity index is 1.85. The van der Waals surface area contributed by atoms with Gasteiger partial charge in [-0.15, -0.1) is 0 Å². The second-order valence-corrected chi connectivity index (χ2v) is 6.68. The first kappa shape index (κ1) is 20.3. The molecule has 0 saturated heterocycles. The van der Waals surface area contributed by atoms with Gasteiger partial charge in [0.1, 0.15) is 11.5 Å². The van der Waals surface area contributed by atoms with Gasteiger partial charge in [-0.2, -0.15) is 0 Å². The first-order valence-electron chi connectivity index (χ1n) is 9.48. The van der Waals surface area contributed by atoms with E-state index in [1.54, 1.807) is 24.2 Å². The van der Waals surface area contributed by atoms with Gasteiger partial charge in [-0.05, 0) is 56.2 Å². The standard InChI is InChI=1S/C22H25N3O4/c1-4-28-21(26)20-15(2)19(16(3)23-20)14-25(13-18-11-8-12-29-18)22(27)24-17-9-6-5-7-10-17/h5-12,23H,4,13-14H2,1-3H3,(H,24,27). The maximum atomic E-state index is 13.0. The van der Waals surface area contributed by atoms with E-state index in [4.69, 9.17) is 9.15 Å². The number of aromatic amines is 1. The van der Waals surface area contributed by atoms with E-state index in [2.05, 4.69) is 10.3 Å². The van der Waals surface area contributed by atoms with Crippen molar-refractivity contribution in [2.75, 3.05) is 11.9 Å². The lowest BCUT2D eigenvalue weighted by Gasteiger charge is -2.23. The lowest BCUT2D eigenvalue weighted by Crippen LogP contribution is -2.34. The summed E-state index contributed by atoms with van der Waals surface area (Å²) in [6.07, 6.45) is 1.58. The van der Waals surface area contributed by atoms with Crippen LogP contribution in [0.4, 0.5) is 10.5 Å². The van der Waals surface area contributed by atoms with Crippen molar-refractivity contribution in [1.29, 1.82) is 0 Å². The maximum Gasteiger partial charge on any atom is 0.355 e. The van der Waals surface area contributed by atoms with Crippen molar-refractivity contribution < 1.29 is 18.7 Å². The number of rotatable bonds is 7. The van der Waals surface area contributed by atoms with E-state index in [1.807, 2.05) is 50.2 Å². The molecule has 7 heteroatoms. The van der Waals surface area contributed by atoms with Crippen LogP contribution in [-0.2, 0) is 17.8 Å². The number of hydrogen-bond donors (Lipinski definition) is 2. The monoisotopic (exact) mass is 395 g/mol. The Labute approximate surface area is 169 Å². The van der Waals surface area contributed by atoms with Gasteiger partial charge in [-0.3, -0.25) is 0 Å². The van der Waals surface area contributed by atoms with Crippen LogP contribution in [0.3, 0.4) is 0 Å². The summed E-state index contributed by atoms with van der Waals surface area (Å²) in [5.41, 5.74) is 3.60. The lowest BCUT2D eigenvalue weighted by molar-refractivity contribution is 0.0519. The van der Waals surface area contributed by atoms with Crippen LogP contribution in [-0.4, -0.2) is 28.5 Å². The van der Waals surface area contributed by atoms with Gasteiger partial charge in [-0.25, -0.2) is 9.59 Å². The summed E-state index contributed by atoms with van der Waals surface area (Å²) in [6.45, 7) is 6.41. The number of furan rings is 1. The van der Waals surface area contributed by atoms with Crippen molar-refractivity contribution >= 4 is 17.7 Å². The van der Waals surface area contributed by atoms with Gasteiger partial charge < -0.3 is 24.4 Å². The molecule has 0 atom stereocenters. The molecule has 0 bridgehead atoms. The van der Waals surface area contributed by atoms with Crippen molar-refractivity contribution in [2.45, 2.75) is 33.9 Å². The van der Waals surface area contributed by atoms with E-state index in [-0.39, 0.29) is 6.03 Å². The minimum atomic E-state index is -0.398. The zero-order valence-electron chi connectivity index (χ0n) is 16.8. The molecule has 2 aromatic heterocycles. The molecule has 1 aromatic carbocycles. The Hall–Kier alpha value is -3.48. The van der Waals surface area contributed by atoms with E-state index in [0.29, 0.717) is 36.8 Å². The summed E-state index contributed by atoms with van der Waals surface area (Å²) in [6, 6.07) is 12.6. The van der Waals surface area contributed by atoms with Gasteiger partial charge in [0.2, 0.25) is 0 Å². The largest absolute Gasteiger partial charge is 0.467 e. The molecule has 0 aliphatic rings. The van der Waals surface area contributed by atoms with Crippen LogP contribution in [0.25, 0.3) is 0 Å². The molecule has 3 aromatic rings. The highest BCUT2D eigenvalue weighted by molar-refractivity contribution is 5.91. The van der Waals surface area contributed by atoms with Crippen LogP contribution in [0.1, 0.15) is 40.0 Å². The molecule has 2 N–H and O–H groups in total. The number of urea groups is 1. The van der Waals surface area contributed by atoms with E-state index in [9.17, 15) is 9.59 Å². The number of carbonyl (C=O) groups excluding carboxylic acids is 2. The summed E-state index contributed by atoms with van der Waals surface area (Å²) in [7, 11) is 0. The number of nitrogens with zero attached hydrogens (tertiary/aromatic N) is 1. The quantitative estimate of drug-likeness (QED) is 0.571. The van der Waals surface area contributed by atoms with Crippen molar-refractivity contribution in [3.63, 3.8) is 0 Å². The SMILES string of the molecule is CCOC(=O)c1[nH]c(C)c(CN(Cc2ccco2)C(=O)Nc2ccccc2)c1C. The first-order valence-corrected chi connectivity index (χ1v) is 9.48. The average Bonchev–Trinajstić information content (AvgIpc) is 3.31. The summed E-state index contributed by atoms with van der Waals surface area (Å²) < 4.78 is 10.6. The molecule has 0 fully saturated rings. The number of esters is 1. The third-order valence-corrected chi connectivity index (χ3v) is 4.66. The normalized spacial score (nSPS) is 10.6. The smallest absolute Gasteiger partial charge is 0.355 e. The van der Waals surface area contributed by atoms with Gasteiger partial charge in [-0.1, -0.05) is 18.2 Å². The highest BCUT2D eigenvalue weighted by Crippen LogP contribution is 2.22. The van der Waals surface area contributed by atoms with Crippen LogP contribution < -0.4 is 5.32 Å². The first-order chi connectivity index (χ1) is 14.0. The fourth-order valence-corrected chi connectivity index (χ4v) is 3.14. The molecular weight excluding hydrogens is 370 g/mol. The third-order valence-electron chi connectivity index (χ3n) is 4.66. The molecule has 0 radical (unpaired) electrons. The number of nitrogens with one attached hydrogen (secondary N) is 2. The second kappa shape index (κ2) is 9.14. The zero-order chi connectivity index (χ0) is 20.8. The zero-order valence-corrected chi connectivity index (χ0v) is 16.8. The van der Waals surface area contributed by atoms with Crippen molar-refractivity contribution in [2.24, 2.45) is 0 Å². The number of anilines is 1. The van der Waals surface area contributed by atoms with Crippen molar-refractivity contribution in [3.05, 3.63) is 77.0 Å². The van der Waals surface area contributed by atoms with Gasteiger partial charge in [0, 0.05) is 17.9 Å². The number of ether oxygens (including phenoxy) is 1. The molecule has 0 aliphatic carbocycles. The molecule has 0 spiro atoms. The van der Waals surface area contributed by atoms with Crippen LogP contribution in [0, 0.1) is 13.8 Å². The molecule has 3 rings (SSSR count). The number of carbonyl (C=O) groups is 2. The van der Waals surface area contributed by atoms with Gasteiger partial charge in [0.05, 0.1) is 19.4 Å². The number of para-hydroxylation sites is 1. The van der Waals surface area contributed by atoms with Gasteiger partial charge in [0.25, 0.3) is 0 Å². The number of aromatic nitrogens is 1. The highest BCUT2D eigenvalue weighted by Gasteiger charge is 2.23. The Morgan fingerprint density at radius 1 is 1.10 bits per heavy atom. The summed E-state index contributed by atoms with van der Waals surface area (Å²) in [5, 5.41) is 2.91. The molecule has 2 heterocycles. The molecular formula is C22H25N3O4. The molecule has 2 amide bonds. The Morgan fingerprint density at radius 2 is 1.86 bits per heavy atom. The fourth-order valence-electron chi connectivity index (χ4n) is 3.14. The topological polar surface area (TPSA) is 87.6 Å². The second-order valence-electron chi connectivity index (χ2n) is 6.68. The lowest BCUT2D eigenvalue weighted by atomic mass is 10.1. The van der Waals surface area contributed by atoms with E-state index < -0.39 is 5.97 Å². The van der Waals surface area contributed by atoms with Crippen LogP contribution >= 0.6 is 0 Å². The Kier molecular flexibility index (Phi) is 6.39. The van der Waals surface area contributed by atoms with Gasteiger partial charge >= 0.3 is 12.0 Å². The third kappa shape index (κ3) is 4.87. The molecule has 29 heavy (non-hydrogen) atoms. The van der Waals surface area contributed by atoms with Crippen LogP contribution in [0.5, 0.6) is 0 Å². The molecule has 0 unspecified atom stereocenters. The van der Waals surface area contributed by atoms with E-state index in [0.717, 1.165) is 16.8 Å². The number of aryl methyl sites for hydroxylation is 1. The van der Waals surface area contributed by atoms with Crippen molar-refractivity contribution in [1.82, 2.24) is 9.88 Å². The van der Waals surface area contributed by atoms with Gasteiger partial charge in [0.15, 0.2) is 0 Å². The van der Waals surface area contributed by atoms with Crippen molar-refractivity contribution in [3.8, 4) is 0 Å². The number of benzene rings is 1. The van der Waals surface area contributed by atoms with Crippen LogP contribution in [0.2, 0.25) is 0 Å². The average molecular weight is 395 g/mol. The maximum absolute atomic E-state index is 13.0. The summed E-state index contributed by atoms with van der Waals surface area (Å²) in [4.78, 5) is 29.9. The predicted octanol–water partition coefficient (Wildman–Crippen LogP) is 4.64. The van der Waals surface area contributed by atoms with E-state index >= 15 is 0 Å². The Morgan fingerprint density at radius 3 is 2.52 bits per heavy atom. The van der Waals surface area contributed by atoms with Crippen LogP contribution in [0.15, 0.2) is 53.1 Å². The summed E-state index contributed by atoms with van der Waals surface area (Å²) >= 11 is 0. The molecule has 7 nitrogen and oxygen atoms in total. The highest BCUT2D eigenvalue weighted by atomic mass is 16.5. The fraction of sp³-hybridized carbons (Fsp3) is 0.273. The predicted molar refractivity (Wildman–Crippen MR) is 110 cm³/mol. The molecule has 0 aliphatic heterocycles. The number of amides is 2. The van der Waals surface area contributed by atoms with E-state index in [1.165, 1.54) is 0 Å². The minimum Gasteiger partial charge on any atom is -0.467 e. The Bertz CT molecular complexity index is 962. The molecule has 152 valence electrons. The number of H-pyrrole nitrogens is 1. The number of hydrogen-bond acceptors (Lipinski definition) is 4. The molecule has 0 saturated carbocycles. The minimum absolute atomic E-state index is 0.259.